The van der Waals surface area contributed by atoms with Crippen molar-refractivity contribution in [3.05, 3.63) is 0 Å². The first-order valence-corrected chi connectivity index (χ1v) is 5.34. The Bertz CT molecular complexity index is 281. The lowest BCUT2D eigenvalue weighted by Gasteiger charge is -2.21. The van der Waals surface area contributed by atoms with Crippen LogP contribution in [0.2, 0.25) is 0 Å². The Labute approximate surface area is 87.7 Å². The Hall–Kier alpha value is -0.710. The zero-order chi connectivity index (χ0) is 10.3. The number of carboxylic acid groups (broad SMARTS) is 1. The zero-order valence-corrected chi connectivity index (χ0v) is 8.61. The predicted molar refractivity (Wildman–Crippen MR) is 53.3 cm³/mol. The summed E-state index contributed by atoms with van der Waals surface area (Å²) in [7, 11) is 0. The van der Waals surface area contributed by atoms with Gasteiger partial charge in [0.1, 0.15) is 6.04 Å². The smallest absolute Gasteiger partial charge is 0.326 e. The van der Waals surface area contributed by atoms with Crippen molar-refractivity contribution in [1.29, 1.82) is 0 Å². The van der Waals surface area contributed by atoms with Crippen LogP contribution in [0.15, 0.2) is 0 Å². The minimum atomic E-state index is -0.882. The fraction of sp³-hybridized carbons (Fsp3) is 0.778. The van der Waals surface area contributed by atoms with Gasteiger partial charge >= 0.3 is 5.97 Å². The molecule has 2 unspecified atom stereocenters. The van der Waals surface area contributed by atoms with Gasteiger partial charge in [-0.15, -0.1) is 0 Å². The van der Waals surface area contributed by atoms with Crippen LogP contribution in [0.4, 0.5) is 0 Å². The minimum absolute atomic E-state index is 0.0186. The normalized spacial score (nSPS) is 35.8. The fourth-order valence-corrected chi connectivity index (χ4v) is 2.30. The van der Waals surface area contributed by atoms with Crippen molar-refractivity contribution in [1.82, 2.24) is 4.90 Å². The van der Waals surface area contributed by atoms with Crippen LogP contribution in [-0.2, 0) is 9.59 Å². The second-order valence-electron chi connectivity index (χ2n) is 3.94. The average molecular weight is 215 g/mol. The van der Waals surface area contributed by atoms with Gasteiger partial charge in [-0.2, -0.15) is 12.6 Å². The van der Waals surface area contributed by atoms with E-state index in [9.17, 15) is 9.59 Å². The van der Waals surface area contributed by atoms with E-state index in [2.05, 4.69) is 12.6 Å². The van der Waals surface area contributed by atoms with Crippen LogP contribution in [0.3, 0.4) is 0 Å². The number of carboxylic acids is 1. The molecule has 2 rings (SSSR count). The minimum Gasteiger partial charge on any atom is -0.480 e. The molecule has 1 N–H and O–H groups in total. The van der Waals surface area contributed by atoms with E-state index in [1.165, 1.54) is 4.90 Å². The molecular formula is C9H13NO3S. The first kappa shape index (κ1) is 9.83. The van der Waals surface area contributed by atoms with E-state index >= 15 is 0 Å². The Morgan fingerprint density at radius 3 is 2.57 bits per heavy atom. The van der Waals surface area contributed by atoms with E-state index in [4.69, 9.17) is 5.11 Å². The molecule has 0 radical (unpaired) electrons. The van der Waals surface area contributed by atoms with Gasteiger partial charge < -0.3 is 10.0 Å². The molecule has 14 heavy (non-hydrogen) atoms. The number of hydrogen-bond acceptors (Lipinski definition) is 3. The van der Waals surface area contributed by atoms with Gasteiger partial charge in [0, 0.05) is 11.8 Å². The van der Waals surface area contributed by atoms with Gasteiger partial charge in [0.05, 0.1) is 5.92 Å². The van der Waals surface area contributed by atoms with Crippen LogP contribution in [-0.4, -0.2) is 39.7 Å². The summed E-state index contributed by atoms with van der Waals surface area (Å²) in [5.41, 5.74) is 0. The highest BCUT2D eigenvalue weighted by Crippen LogP contribution is 2.38. The van der Waals surface area contributed by atoms with Crippen molar-refractivity contribution in [2.45, 2.75) is 30.6 Å². The summed E-state index contributed by atoms with van der Waals surface area (Å²) >= 11 is 4.19. The van der Waals surface area contributed by atoms with Crippen LogP contribution in [0, 0.1) is 5.92 Å². The third-order valence-electron chi connectivity index (χ3n) is 2.89. The van der Waals surface area contributed by atoms with Crippen molar-refractivity contribution in [2.75, 3.05) is 6.54 Å². The van der Waals surface area contributed by atoms with Crippen molar-refractivity contribution in [3.63, 3.8) is 0 Å². The molecule has 1 saturated carbocycles. The number of thiol groups is 1. The molecule has 0 aromatic heterocycles. The van der Waals surface area contributed by atoms with Gasteiger partial charge in [0.25, 0.3) is 0 Å². The lowest BCUT2D eigenvalue weighted by molar-refractivity contribution is -0.148. The lowest BCUT2D eigenvalue weighted by atomic mass is 10.2. The predicted octanol–water partition coefficient (Wildman–Crippen LogP) is 0.380. The molecule has 0 spiro atoms. The lowest BCUT2D eigenvalue weighted by Crippen LogP contribution is -2.41. The van der Waals surface area contributed by atoms with Crippen LogP contribution in [0.25, 0.3) is 0 Å². The summed E-state index contributed by atoms with van der Waals surface area (Å²) in [6.45, 7) is 0.590. The highest BCUT2D eigenvalue weighted by atomic mass is 32.1. The van der Waals surface area contributed by atoms with Gasteiger partial charge in [-0.25, -0.2) is 4.79 Å². The van der Waals surface area contributed by atoms with Crippen molar-refractivity contribution < 1.29 is 14.7 Å². The molecule has 5 heteroatoms. The monoisotopic (exact) mass is 215 g/mol. The van der Waals surface area contributed by atoms with Crippen LogP contribution in [0.5, 0.6) is 0 Å². The quantitative estimate of drug-likeness (QED) is 0.655. The van der Waals surface area contributed by atoms with E-state index < -0.39 is 12.0 Å². The molecule has 4 nitrogen and oxygen atoms in total. The summed E-state index contributed by atoms with van der Waals surface area (Å²) in [5, 5.41) is 9.04. The highest BCUT2D eigenvalue weighted by molar-refractivity contribution is 7.81. The van der Waals surface area contributed by atoms with Crippen LogP contribution in [0.1, 0.15) is 19.3 Å². The van der Waals surface area contributed by atoms with Crippen molar-refractivity contribution in [2.24, 2.45) is 5.92 Å². The number of hydrogen-bond donors (Lipinski definition) is 2. The molecule has 2 fully saturated rings. The van der Waals surface area contributed by atoms with E-state index in [0.717, 1.165) is 12.8 Å². The molecule has 1 heterocycles. The molecule has 3 atom stereocenters. The zero-order valence-electron chi connectivity index (χ0n) is 7.72. The van der Waals surface area contributed by atoms with Crippen molar-refractivity contribution in [3.8, 4) is 0 Å². The van der Waals surface area contributed by atoms with E-state index in [1.54, 1.807) is 0 Å². The molecule has 1 aliphatic carbocycles. The second kappa shape index (κ2) is 3.46. The molecule has 0 bridgehead atoms. The van der Waals surface area contributed by atoms with Gasteiger partial charge in [-0.1, -0.05) is 0 Å². The largest absolute Gasteiger partial charge is 0.480 e. The van der Waals surface area contributed by atoms with Crippen molar-refractivity contribution >= 4 is 24.5 Å². The van der Waals surface area contributed by atoms with E-state index in [-0.39, 0.29) is 17.1 Å². The van der Waals surface area contributed by atoms with Gasteiger partial charge in [-0.05, 0) is 19.3 Å². The van der Waals surface area contributed by atoms with Gasteiger partial charge in [0.2, 0.25) is 5.91 Å². The number of likely N-dealkylation sites (tertiary alicyclic amines) is 1. The van der Waals surface area contributed by atoms with Crippen LogP contribution >= 0.6 is 12.6 Å². The Morgan fingerprint density at radius 1 is 1.43 bits per heavy atom. The molecule has 1 amide bonds. The Kier molecular flexibility index (Phi) is 2.43. The topological polar surface area (TPSA) is 57.6 Å². The van der Waals surface area contributed by atoms with Gasteiger partial charge in [-0.3, -0.25) is 4.79 Å². The number of carbonyl (C=O) groups excluding carboxylic acids is 1. The van der Waals surface area contributed by atoms with Crippen LogP contribution < -0.4 is 0 Å². The first-order valence-electron chi connectivity index (χ1n) is 4.82. The first-order chi connectivity index (χ1) is 6.61. The van der Waals surface area contributed by atoms with E-state index in [0.29, 0.717) is 13.0 Å². The maximum Gasteiger partial charge on any atom is 0.326 e. The standard InChI is InChI=1S/C9H13NO3S/c11-8(5-4-7(5)14)10-3-1-2-6(10)9(12)13/h5-7,14H,1-4H2,(H,12,13)/t5?,6-,7?/m0/s1. The number of amides is 1. The Balaban J connectivity index is 2.02. The average Bonchev–Trinajstić information content (AvgIpc) is 2.69. The summed E-state index contributed by atoms with van der Waals surface area (Å²) in [5.74, 6) is -0.930. The summed E-state index contributed by atoms with van der Waals surface area (Å²) < 4.78 is 0. The third kappa shape index (κ3) is 1.61. The fourth-order valence-electron chi connectivity index (χ4n) is 1.95. The van der Waals surface area contributed by atoms with Gasteiger partial charge in [0.15, 0.2) is 0 Å². The number of rotatable bonds is 2. The molecule has 0 aromatic carbocycles. The maximum atomic E-state index is 11.7. The molecule has 2 aliphatic rings. The SMILES string of the molecule is O=C(O)[C@@H]1CCCN1C(=O)C1CC1S. The number of carbonyl (C=O) groups is 2. The summed E-state index contributed by atoms with van der Waals surface area (Å²) in [4.78, 5) is 24.1. The molecule has 0 aromatic rings. The number of nitrogens with zero attached hydrogens (tertiary/aromatic N) is 1. The van der Waals surface area contributed by atoms with E-state index in [1.807, 2.05) is 0 Å². The molecular weight excluding hydrogens is 202 g/mol. The highest BCUT2D eigenvalue weighted by Gasteiger charge is 2.46. The second-order valence-corrected chi connectivity index (χ2v) is 4.60. The summed E-state index contributed by atoms with van der Waals surface area (Å²) in [6.07, 6.45) is 2.18. The molecule has 1 saturated heterocycles. The summed E-state index contributed by atoms with van der Waals surface area (Å²) in [6, 6.07) is -0.594. The third-order valence-corrected chi connectivity index (χ3v) is 3.47. The molecule has 1 aliphatic heterocycles. The molecule has 78 valence electrons. The number of aliphatic carboxylic acids is 1. The maximum absolute atomic E-state index is 11.7. The Morgan fingerprint density at radius 2 is 2.07 bits per heavy atom.